The van der Waals surface area contributed by atoms with Crippen molar-refractivity contribution >= 4 is 29.6 Å². The zero-order chi connectivity index (χ0) is 27.7. The van der Waals surface area contributed by atoms with Gasteiger partial charge in [-0.25, -0.2) is 23.5 Å². The van der Waals surface area contributed by atoms with Gasteiger partial charge in [-0.1, -0.05) is 6.92 Å². The van der Waals surface area contributed by atoms with Crippen LogP contribution in [0.3, 0.4) is 0 Å². The maximum atomic E-state index is 14.4. The number of benzene rings is 1. The molecule has 0 spiro atoms. The number of pyridine rings is 1. The Morgan fingerprint density at radius 1 is 1.24 bits per heavy atom. The summed E-state index contributed by atoms with van der Waals surface area (Å²) < 4.78 is 29.9. The third-order valence-corrected chi connectivity index (χ3v) is 6.64. The van der Waals surface area contributed by atoms with E-state index < -0.39 is 47.5 Å². The molecule has 1 aliphatic heterocycles. The molecule has 2 aromatic heterocycles. The van der Waals surface area contributed by atoms with Gasteiger partial charge in [0.15, 0.2) is 0 Å². The van der Waals surface area contributed by atoms with Gasteiger partial charge in [-0.05, 0) is 55.7 Å². The predicted molar refractivity (Wildman–Crippen MR) is 136 cm³/mol. The maximum absolute atomic E-state index is 14.4. The second-order valence-corrected chi connectivity index (χ2v) is 9.32. The number of imidazole rings is 1. The minimum Gasteiger partial charge on any atom is -0.384 e. The Morgan fingerprint density at radius 3 is 2.61 bits per heavy atom. The van der Waals surface area contributed by atoms with Gasteiger partial charge in [0.25, 0.3) is 5.91 Å². The number of β-lactam (4-membered cyclic amide) rings is 1. The molecular formula is C26H29F2N7O3. The summed E-state index contributed by atoms with van der Waals surface area (Å²) in [4.78, 5) is 50.7. The molecule has 200 valence electrons. The van der Waals surface area contributed by atoms with Crippen molar-refractivity contribution in [3.05, 3.63) is 71.2 Å². The topological polar surface area (TPSA) is 126 Å². The summed E-state index contributed by atoms with van der Waals surface area (Å²) in [6.07, 6.45) is 3.56. The van der Waals surface area contributed by atoms with E-state index in [-0.39, 0.29) is 24.2 Å². The molecule has 0 radical (unpaired) electrons. The zero-order valence-electron chi connectivity index (χ0n) is 21.5. The normalized spacial score (nSPS) is 17.6. The number of carbonyl (C=O) groups is 3. The van der Waals surface area contributed by atoms with Gasteiger partial charge in [0.2, 0.25) is 11.9 Å². The third-order valence-electron chi connectivity index (χ3n) is 6.64. The SMILES string of the molecule is CC[C@@H](NC(=O)N1C(=O)[C@H](Cc2cc(C)nc(N)c2)[C@H]1C(=O)N(C)c1nccn1C)c1cc(F)ccc1F. The van der Waals surface area contributed by atoms with Crippen LogP contribution in [0.5, 0.6) is 0 Å². The van der Waals surface area contributed by atoms with Crippen LogP contribution in [0.2, 0.25) is 0 Å². The molecule has 0 saturated carbocycles. The number of urea groups is 1. The van der Waals surface area contributed by atoms with Gasteiger partial charge in [-0.15, -0.1) is 0 Å². The monoisotopic (exact) mass is 525 g/mol. The summed E-state index contributed by atoms with van der Waals surface area (Å²) in [5.74, 6) is -2.71. The second kappa shape index (κ2) is 10.6. The fraction of sp³-hybridized carbons (Fsp3) is 0.346. The average Bonchev–Trinajstić information content (AvgIpc) is 3.29. The lowest BCUT2D eigenvalue weighted by molar-refractivity contribution is -0.156. The number of nitrogens with one attached hydrogen (secondary N) is 1. The van der Waals surface area contributed by atoms with E-state index in [9.17, 15) is 23.2 Å². The van der Waals surface area contributed by atoms with Gasteiger partial charge < -0.3 is 15.6 Å². The van der Waals surface area contributed by atoms with E-state index in [2.05, 4.69) is 15.3 Å². The Kier molecular flexibility index (Phi) is 7.42. The maximum Gasteiger partial charge on any atom is 0.325 e. The number of nitrogens with zero attached hydrogens (tertiary/aromatic N) is 5. The van der Waals surface area contributed by atoms with Gasteiger partial charge in [0, 0.05) is 37.7 Å². The third kappa shape index (κ3) is 5.06. The van der Waals surface area contributed by atoms with Gasteiger partial charge in [0.05, 0.1) is 12.0 Å². The van der Waals surface area contributed by atoms with E-state index in [4.69, 9.17) is 5.73 Å². The van der Waals surface area contributed by atoms with Crippen LogP contribution in [0.1, 0.15) is 36.2 Å². The molecule has 0 aliphatic carbocycles. The fourth-order valence-corrected chi connectivity index (χ4v) is 4.77. The summed E-state index contributed by atoms with van der Waals surface area (Å²) in [7, 11) is 3.22. The number of amides is 4. The Bertz CT molecular complexity index is 1370. The van der Waals surface area contributed by atoms with Crippen molar-refractivity contribution < 1.29 is 23.2 Å². The standard InChI is InChI=1S/C26H29F2N7O3/c1-5-20(17-13-16(27)6-7-19(17)28)32-26(38)35-22(24(37)34(4)25-30-8-9-33(25)3)18(23(35)36)11-15-10-14(2)31-21(29)12-15/h6-10,12-13,18,20,22H,5,11H2,1-4H3,(H2,29,31)(H,32,38)/t18-,20-,22+/m1/s1. The summed E-state index contributed by atoms with van der Waals surface area (Å²) >= 11 is 0. The highest BCUT2D eigenvalue weighted by molar-refractivity contribution is 6.12. The van der Waals surface area contributed by atoms with Crippen LogP contribution < -0.4 is 16.0 Å². The first kappa shape index (κ1) is 26.7. The first-order valence-corrected chi connectivity index (χ1v) is 12.1. The number of imide groups is 1. The molecule has 0 bridgehead atoms. The summed E-state index contributed by atoms with van der Waals surface area (Å²) in [6, 6.07) is 3.37. The van der Waals surface area contributed by atoms with Crippen molar-refractivity contribution in [2.75, 3.05) is 17.7 Å². The van der Waals surface area contributed by atoms with Crippen LogP contribution in [0.4, 0.5) is 25.3 Å². The number of aryl methyl sites for hydroxylation is 2. The molecule has 3 N–H and O–H groups in total. The number of nitrogens with two attached hydrogens (primary N) is 1. The fourth-order valence-electron chi connectivity index (χ4n) is 4.77. The molecule has 4 rings (SSSR count). The predicted octanol–water partition coefficient (Wildman–Crippen LogP) is 2.88. The highest BCUT2D eigenvalue weighted by atomic mass is 19.1. The van der Waals surface area contributed by atoms with Crippen molar-refractivity contribution in [3.8, 4) is 0 Å². The lowest BCUT2D eigenvalue weighted by Gasteiger charge is -2.45. The average molecular weight is 526 g/mol. The summed E-state index contributed by atoms with van der Waals surface area (Å²) in [6.45, 7) is 3.44. The minimum atomic E-state index is -1.16. The van der Waals surface area contributed by atoms with Crippen LogP contribution in [0.15, 0.2) is 42.7 Å². The van der Waals surface area contributed by atoms with Gasteiger partial charge in [-0.2, -0.15) is 0 Å². The summed E-state index contributed by atoms with van der Waals surface area (Å²) in [5, 5.41) is 2.59. The van der Waals surface area contributed by atoms with E-state index in [1.165, 1.54) is 18.1 Å². The molecule has 1 fully saturated rings. The van der Waals surface area contributed by atoms with E-state index in [0.29, 0.717) is 17.2 Å². The lowest BCUT2D eigenvalue weighted by atomic mass is 9.81. The van der Waals surface area contributed by atoms with Crippen LogP contribution >= 0.6 is 0 Å². The molecule has 0 unspecified atom stereocenters. The molecule has 38 heavy (non-hydrogen) atoms. The summed E-state index contributed by atoms with van der Waals surface area (Å²) in [5.41, 5.74) is 7.15. The molecular weight excluding hydrogens is 496 g/mol. The number of halogens is 2. The van der Waals surface area contributed by atoms with Crippen LogP contribution in [0, 0.1) is 24.5 Å². The van der Waals surface area contributed by atoms with Crippen LogP contribution in [-0.2, 0) is 23.1 Å². The molecule has 4 amide bonds. The number of hydrogen-bond donors (Lipinski definition) is 2. The number of hydrogen-bond acceptors (Lipinski definition) is 6. The molecule has 10 nitrogen and oxygen atoms in total. The molecule has 3 heterocycles. The highest BCUT2D eigenvalue weighted by Gasteiger charge is 2.55. The first-order valence-electron chi connectivity index (χ1n) is 12.1. The molecule has 1 aliphatic rings. The quantitative estimate of drug-likeness (QED) is 0.457. The molecule has 1 saturated heterocycles. The Hall–Kier alpha value is -4.35. The largest absolute Gasteiger partial charge is 0.384 e. The van der Waals surface area contributed by atoms with E-state index in [1.807, 2.05) is 0 Å². The number of likely N-dealkylation sites (tertiary alicyclic amines) is 1. The Morgan fingerprint density at radius 2 is 1.97 bits per heavy atom. The Labute approximate surface area is 218 Å². The number of rotatable bonds is 7. The Balaban J connectivity index is 1.63. The number of nitrogen functional groups attached to an aromatic ring is 1. The smallest absolute Gasteiger partial charge is 0.325 e. The van der Waals surface area contributed by atoms with Crippen molar-refractivity contribution in [1.29, 1.82) is 0 Å². The van der Waals surface area contributed by atoms with Gasteiger partial charge >= 0.3 is 6.03 Å². The van der Waals surface area contributed by atoms with Crippen LogP contribution in [0.25, 0.3) is 0 Å². The number of carbonyl (C=O) groups excluding carboxylic acids is 3. The number of anilines is 2. The van der Waals surface area contributed by atoms with Gasteiger partial charge in [0.1, 0.15) is 23.5 Å². The van der Waals surface area contributed by atoms with Crippen LogP contribution in [-0.4, -0.2) is 50.4 Å². The first-order chi connectivity index (χ1) is 18.0. The molecule has 12 heteroatoms. The lowest BCUT2D eigenvalue weighted by Crippen LogP contribution is -2.70. The highest BCUT2D eigenvalue weighted by Crippen LogP contribution is 2.33. The number of likely N-dealkylation sites (N-methyl/N-ethyl adjacent to an activating group) is 1. The number of aromatic nitrogens is 3. The van der Waals surface area contributed by atoms with E-state index in [1.54, 1.807) is 43.8 Å². The molecule has 3 atom stereocenters. The van der Waals surface area contributed by atoms with Crippen molar-refractivity contribution in [3.63, 3.8) is 0 Å². The van der Waals surface area contributed by atoms with Crippen molar-refractivity contribution in [1.82, 2.24) is 24.8 Å². The van der Waals surface area contributed by atoms with E-state index in [0.717, 1.165) is 23.1 Å². The zero-order valence-corrected chi connectivity index (χ0v) is 21.5. The van der Waals surface area contributed by atoms with E-state index >= 15 is 0 Å². The van der Waals surface area contributed by atoms with Gasteiger partial charge in [-0.3, -0.25) is 19.4 Å². The minimum absolute atomic E-state index is 0.0545. The van der Waals surface area contributed by atoms with Crippen molar-refractivity contribution in [2.45, 2.75) is 38.8 Å². The second-order valence-electron chi connectivity index (χ2n) is 9.32. The van der Waals surface area contributed by atoms with Crippen molar-refractivity contribution in [2.24, 2.45) is 13.0 Å². The molecule has 3 aromatic rings. The molecule has 1 aromatic carbocycles.